The largest absolute Gasteiger partial charge is 0.401 e. The fourth-order valence-corrected chi connectivity index (χ4v) is 2.34. The summed E-state index contributed by atoms with van der Waals surface area (Å²) in [5, 5.41) is 2.14. The Kier molecular flexibility index (Phi) is 3.80. The molecule has 3 nitrogen and oxygen atoms in total. The molecule has 1 aromatic rings. The van der Waals surface area contributed by atoms with Crippen molar-refractivity contribution in [1.29, 1.82) is 0 Å². The molecule has 1 aliphatic rings. The van der Waals surface area contributed by atoms with E-state index in [1.807, 2.05) is 31.2 Å². The summed E-state index contributed by atoms with van der Waals surface area (Å²) in [7, 11) is 0. The molecule has 1 N–H and O–H groups in total. The van der Waals surface area contributed by atoms with Crippen molar-refractivity contribution < 1.29 is 18.0 Å². The molecule has 6 heteroatoms. The number of rotatable bonds is 3. The highest BCUT2D eigenvalue weighted by Crippen LogP contribution is 2.31. The maximum Gasteiger partial charge on any atom is 0.401 e. The highest BCUT2D eigenvalue weighted by atomic mass is 19.4. The first kappa shape index (κ1) is 13.9. The lowest BCUT2D eigenvalue weighted by atomic mass is 10.1. The molecule has 0 aliphatic carbocycles. The molecule has 1 heterocycles. The smallest absolute Gasteiger partial charge is 0.308 e. The summed E-state index contributed by atoms with van der Waals surface area (Å²) >= 11 is 0. The number of hydrogen-bond acceptors (Lipinski definition) is 2. The van der Waals surface area contributed by atoms with Gasteiger partial charge in [-0.25, -0.2) is 0 Å². The summed E-state index contributed by atoms with van der Waals surface area (Å²) in [5.74, 6) is -0.332. The number of hydrogen-bond donors (Lipinski definition) is 1. The lowest BCUT2D eigenvalue weighted by molar-refractivity contribution is -0.127. The molecule has 0 saturated heterocycles. The van der Waals surface area contributed by atoms with E-state index >= 15 is 0 Å². The van der Waals surface area contributed by atoms with Gasteiger partial charge in [-0.15, -0.1) is 0 Å². The lowest BCUT2D eigenvalue weighted by Crippen LogP contribution is -2.43. The van der Waals surface area contributed by atoms with Gasteiger partial charge in [0.15, 0.2) is 0 Å². The highest BCUT2D eigenvalue weighted by molar-refractivity contribution is 5.97. The molecule has 0 saturated carbocycles. The SMILES string of the molecule is CC1Cc2ccccc2N1C(=O)CNCC(F)(F)F. The predicted octanol–water partition coefficient (Wildman–Crippen LogP) is 2.12. The van der Waals surface area contributed by atoms with E-state index in [9.17, 15) is 18.0 Å². The summed E-state index contributed by atoms with van der Waals surface area (Å²) < 4.78 is 36.0. The number of carbonyl (C=O) groups excluding carboxylic acids is 1. The van der Waals surface area contributed by atoms with Gasteiger partial charge in [-0.05, 0) is 25.0 Å². The molecule has 19 heavy (non-hydrogen) atoms. The molecule has 2 rings (SSSR count). The fourth-order valence-electron chi connectivity index (χ4n) is 2.34. The van der Waals surface area contributed by atoms with Gasteiger partial charge in [0.1, 0.15) is 0 Å². The van der Waals surface area contributed by atoms with Gasteiger partial charge in [0.2, 0.25) is 5.91 Å². The van der Waals surface area contributed by atoms with Crippen LogP contribution >= 0.6 is 0 Å². The molecule has 0 spiro atoms. The Morgan fingerprint density at radius 1 is 1.42 bits per heavy atom. The number of nitrogens with one attached hydrogen (secondary N) is 1. The molecule has 1 aliphatic heterocycles. The van der Waals surface area contributed by atoms with E-state index in [1.54, 1.807) is 4.90 Å². The summed E-state index contributed by atoms with van der Waals surface area (Å²) in [6.45, 7) is 0.433. The van der Waals surface area contributed by atoms with E-state index < -0.39 is 12.7 Å². The standard InChI is InChI=1S/C13H15F3N2O/c1-9-6-10-4-2-3-5-11(10)18(9)12(19)7-17-8-13(14,15)16/h2-5,9,17H,6-8H2,1H3. The normalized spacial score (nSPS) is 18.5. The van der Waals surface area contributed by atoms with Crippen LogP contribution in [0.5, 0.6) is 0 Å². The molecule has 1 amide bonds. The number of halogens is 3. The van der Waals surface area contributed by atoms with Crippen LogP contribution < -0.4 is 10.2 Å². The molecule has 1 aromatic carbocycles. The maximum atomic E-state index is 12.0. The van der Waals surface area contributed by atoms with E-state index in [1.165, 1.54) is 0 Å². The molecule has 0 radical (unpaired) electrons. The van der Waals surface area contributed by atoms with E-state index in [0.29, 0.717) is 0 Å². The van der Waals surface area contributed by atoms with Gasteiger partial charge >= 0.3 is 6.18 Å². The van der Waals surface area contributed by atoms with Crippen molar-refractivity contribution in [2.24, 2.45) is 0 Å². The molecule has 0 aromatic heterocycles. The van der Waals surface area contributed by atoms with Gasteiger partial charge in [0.25, 0.3) is 0 Å². The number of benzene rings is 1. The predicted molar refractivity (Wildman–Crippen MR) is 66.0 cm³/mol. The number of fused-ring (bicyclic) bond motifs is 1. The van der Waals surface area contributed by atoms with E-state index in [-0.39, 0.29) is 18.5 Å². The van der Waals surface area contributed by atoms with Crippen LogP contribution in [0.25, 0.3) is 0 Å². The van der Waals surface area contributed by atoms with Crippen LogP contribution in [0.3, 0.4) is 0 Å². The first-order valence-corrected chi connectivity index (χ1v) is 6.06. The molecule has 104 valence electrons. The minimum absolute atomic E-state index is 0.0161. The van der Waals surface area contributed by atoms with Crippen molar-refractivity contribution in [2.45, 2.75) is 25.6 Å². The number of nitrogens with zero attached hydrogens (tertiary/aromatic N) is 1. The van der Waals surface area contributed by atoms with Gasteiger partial charge in [-0.1, -0.05) is 18.2 Å². The Hall–Kier alpha value is -1.56. The lowest BCUT2D eigenvalue weighted by Gasteiger charge is -2.23. The maximum absolute atomic E-state index is 12.0. The molecular weight excluding hydrogens is 257 g/mol. The third-order valence-electron chi connectivity index (χ3n) is 3.08. The molecule has 1 atom stereocenters. The topological polar surface area (TPSA) is 32.3 Å². The second-order valence-electron chi connectivity index (χ2n) is 4.66. The van der Waals surface area contributed by atoms with E-state index in [4.69, 9.17) is 0 Å². The van der Waals surface area contributed by atoms with E-state index in [2.05, 4.69) is 5.32 Å². The van der Waals surface area contributed by atoms with Crippen LogP contribution in [0, 0.1) is 0 Å². The molecule has 0 fully saturated rings. The highest BCUT2D eigenvalue weighted by Gasteiger charge is 2.31. The Bertz CT molecular complexity index is 473. The van der Waals surface area contributed by atoms with Crippen LogP contribution in [0.1, 0.15) is 12.5 Å². The Morgan fingerprint density at radius 3 is 2.79 bits per heavy atom. The Labute approximate surface area is 109 Å². The summed E-state index contributed by atoms with van der Waals surface area (Å²) in [4.78, 5) is 13.6. The van der Waals surface area contributed by atoms with Crippen molar-refractivity contribution >= 4 is 11.6 Å². The van der Waals surface area contributed by atoms with Gasteiger partial charge < -0.3 is 10.2 Å². The first-order valence-electron chi connectivity index (χ1n) is 6.06. The fraction of sp³-hybridized carbons (Fsp3) is 0.462. The zero-order valence-electron chi connectivity index (χ0n) is 10.5. The van der Waals surface area contributed by atoms with Gasteiger partial charge in [-0.3, -0.25) is 4.79 Å². The third kappa shape index (κ3) is 3.26. The zero-order chi connectivity index (χ0) is 14.0. The van der Waals surface area contributed by atoms with Crippen molar-refractivity contribution in [3.63, 3.8) is 0 Å². The second kappa shape index (κ2) is 5.21. The van der Waals surface area contributed by atoms with Gasteiger partial charge in [0.05, 0.1) is 13.1 Å². The van der Waals surface area contributed by atoms with E-state index in [0.717, 1.165) is 17.7 Å². The van der Waals surface area contributed by atoms with Crippen molar-refractivity contribution in [2.75, 3.05) is 18.0 Å². The molecule has 0 bridgehead atoms. The monoisotopic (exact) mass is 272 g/mol. The zero-order valence-corrected chi connectivity index (χ0v) is 10.5. The third-order valence-corrected chi connectivity index (χ3v) is 3.08. The van der Waals surface area contributed by atoms with Crippen molar-refractivity contribution in [3.05, 3.63) is 29.8 Å². The van der Waals surface area contributed by atoms with Crippen LogP contribution in [-0.2, 0) is 11.2 Å². The number of para-hydroxylation sites is 1. The quantitative estimate of drug-likeness (QED) is 0.914. The summed E-state index contributed by atoms with van der Waals surface area (Å²) in [6, 6.07) is 7.45. The van der Waals surface area contributed by atoms with Crippen molar-refractivity contribution in [3.8, 4) is 0 Å². The van der Waals surface area contributed by atoms with Crippen molar-refractivity contribution in [1.82, 2.24) is 5.32 Å². The minimum Gasteiger partial charge on any atom is -0.308 e. The summed E-state index contributed by atoms with van der Waals surface area (Å²) in [6.07, 6.45) is -3.56. The average molecular weight is 272 g/mol. The first-order chi connectivity index (χ1) is 8.88. The number of anilines is 1. The van der Waals surface area contributed by atoms with Crippen LogP contribution in [0.4, 0.5) is 18.9 Å². The Balaban J connectivity index is 2.00. The number of carbonyl (C=O) groups is 1. The summed E-state index contributed by atoms with van der Waals surface area (Å²) in [5.41, 5.74) is 1.85. The number of alkyl halides is 3. The minimum atomic E-state index is -4.30. The van der Waals surface area contributed by atoms with Crippen LogP contribution in [0.2, 0.25) is 0 Å². The van der Waals surface area contributed by atoms with Gasteiger partial charge in [-0.2, -0.15) is 13.2 Å². The van der Waals surface area contributed by atoms with Gasteiger partial charge in [0, 0.05) is 11.7 Å². The van der Waals surface area contributed by atoms with Crippen LogP contribution in [0.15, 0.2) is 24.3 Å². The second-order valence-corrected chi connectivity index (χ2v) is 4.66. The Morgan fingerprint density at radius 2 is 2.11 bits per heavy atom. The molecule has 1 unspecified atom stereocenters. The number of amides is 1. The van der Waals surface area contributed by atoms with Crippen LogP contribution in [-0.4, -0.2) is 31.2 Å². The average Bonchev–Trinajstić information content (AvgIpc) is 2.63. The molecular formula is C13H15F3N2O.